The van der Waals surface area contributed by atoms with Crippen LogP contribution in [0.4, 0.5) is 4.39 Å². The van der Waals surface area contributed by atoms with E-state index in [2.05, 4.69) is 11.9 Å². The van der Waals surface area contributed by atoms with Gasteiger partial charge >= 0.3 is 0 Å². The van der Waals surface area contributed by atoms with Gasteiger partial charge in [0.05, 0.1) is 0 Å². The zero-order valence-corrected chi connectivity index (χ0v) is 8.31. The number of aromatic nitrogens is 1. The molecule has 0 saturated heterocycles. The Hall–Kier alpha value is -0.920. The average molecular weight is 181 g/mol. The van der Waals surface area contributed by atoms with Crippen LogP contribution in [-0.4, -0.2) is 4.98 Å². The van der Waals surface area contributed by atoms with Crippen LogP contribution in [0.1, 0.15) is 37.9 Å². The molecule has 1 rings (SSSR count). The molecule has 0 atom stereocenters. The largest absolute Gasteiger partial charge is 0.225 e. The van der Waals surface area contributed by atoms with E-state index in [0.29, 0.717) is 12.0 Å². The second kappa shape index (κ2) is 4.95. The first-order valence-electron chi connectivity index (χ1n) is 4.92. The van der Waals surface area contributed by atoms with Crippen LogP contribution in [0.3, 0.4) is 0 Å². The number of halogens is 1. The van der Waals surface area contributed by atoms with Gasteiger partial charge in [-0.05, 0) is 25.3 Å². The van der Waals surface area contributed by atoms with Crippen LogP contribution < -0.4 is 0 Å². The van der Waals surface area contributed by atoms with Crippen molar-refractivity contribution in [1.82, 2.24) is 4.98 Å². The minimum absolute atomic E-state index is 0.295. The molecule has 0 N–H and O–H groups in total. The number of hydrogen-bond donors (Lipinski definition) is 0. The van der Waals surface area contributed by atoms with E-state index < -0.39 is 0 Å². The Morgan fingerprint density at radius 1 is 1.31 bits per heavy atom. The van der Waals surface area contributed by atoms with Gasteiger partial charge in [-0.15, -0.1) is 0 Å². The molecular weight excluding hydrogens is 165 g/mol. The molecule has 1 heterocycles. The van der Waals surface area contributed by atoms with Crippen molar-refractivity contribution in [3.05, 3.63) is 29.3 Å². The Morgan fingerprint density at radius 2 is 2.08 bits per heavy atom. The van der Waals surface area contributed by atoms with Crippen molar-refractivity contribution < 1.29 is 4.39 Å². The van der Waals surface area contributed by atoms with E-state index >= 15 is 0 Å². The van der Waals surface area contributed by atoms with Crippen LogP contribution in [0.5, 0.6) is 0 Å². The van der Waals surface area contributed by atoms with E-state index in [9.17, 15) is 4.39 Å². The fraction of sp³-hybridized carbons (Fsp3) is 0.545. The van der Waals surface area contributed by atoms with E-state index in [0.717, 1.165) is 25.0 Å². The summed E-state index contributed by atoms with van der Waals surface area (Å²) in [5.74, 6) is -0.295. The summed E-state index contributed by atoms with van der Waals surface area (Å²) in [6.07, 6.45) is 3.81. The molecule has 13 heavy (non-hydrogen) atoms. The van der Waals surface area contributed by atoms with Crippen molar-refractivity contribution in [2.75, 3.05) is 0 Å². The van der Waals surface area contributed by atoms with Crippen LogP contribution in [0, 0.1) is 5.95 Å². The van der Waals surface area contributed by atoms with Crippen molar-refractivity contribution in [2.45, 2.75) is 39.5 Å². The van der Waals surface area contributed by atoms with E-state index in [1.807, 2.05) is 19.1 Å². The van der Waals surface area contributed by atoms with Gasteiger partial charge in [-0.2, -0.15) is 4.39 Å². The Morgan fingerprint density at radius 3 is 2.62 bits per heavy atom. The third-order valence-electron chi connectivity index (χ3n) is 2.15. The first-order chi connectivity index (χ1) is 6.27. The smallest absolute Gasteiger partial charge is 0.216 e. The maximum Gasteiger partial charge on any atom is 0.216 e. The number of hydrogen-bond acceptors (Lipinski definition) is 1. The third-order valence-corrected chi connectivity index (χ3v) is 2.15. The van der Waals surface area contributed by atoms with Crippen LogP contribution in [-0.2, 0) is 12.8 Å². The molecule has 0 saturated carbocycles. The van der Waals surface area contributed by atoms with Crippen molar-refractivity contribution in [3.8, 4) is 0 Å². The average Bonchev–Trinajstić information content (AvgIpc) is 2.15. The quantitative estimate of drug-likeness (QED) is 0.650. The lowest BCUT2D eigenvalue weighted by Crippen LogP contribution is -1.97. The molecule has 0 aliphatic heterocycles. The van der Waals surface area contributed by atoms with Gasteiger partial charge < -0.3 is 0 Å². The molecule has 72 valence electrons. The fourth-order valence-electron chi connectivity index (χ4n) is 1.26. The highest BCUT2D eigenvalue weighted by Gasteiger charge is 2.02. The number of nitrogens with zero attached hydrogens (tertiary/aromatic N) is 1. The molecule has 1 aromatic heterocycles. The maximum atomic E-state index is 13.2. The highest BCUT2D eigenvalue weighted by Crippen LogP contribution is 2.08. The Balaban J connectivity index is 2.71. The number of aryl methyl sites for hydroxylation is 2. The van der Waals surface area contributed by atoms with Gasteiger partial charge in [0.25, 0.3) is 0 Å². The molecule has 0 radical (unpaired) electrons. The minimum Gasteiger partial charge on any atom is -0.225 e. The Labute approximate surface area is 79.0 Å². The van der Waals surface area contributed by atoms with Crippen LogP contribution >= 0.6 is 0 Å². The predicted molar refractivity (Wildman–Crippen MR) is 52.2 cm³/mol. The van der Waals surface area contributed by atoms with Crippen LogP contribution in [0.25, 0.3) is 0 Å². The monoisotopic (exact) mass is 181 g/mol. The molecule has 0 aromatic carbocycles. The SMILES string of the molecule is CCCCc1ccc(CC)c(F)n1. The number of pyridine rings is 1. The Kier molecular flexibility index (Phi) is 3.87. The summed E-state index contributed by atoms with van der Waals surface area (Å²) in [6, 6.07) is 3.77. The molecular formula is C11H16FN. The lowest BCUT2D eigenvalue weighted by Gasteiger charge is -2.02. The lowest BCUT2D eigenvalue weighted by atomic mass is 10.1. The highest BCUT2D eigenvalue weighted by atomic mass is 19.1. The first kappa shape index (κ1) is 10.2. The molecule has 0 unspecified atom stereocenters. The summed E-state index contributed by atoms with van der Waals surface area (Å²) in [6.45, 7) is 4.06. The van der Waals surface area contributed by atoms with Gasteiger partial charge in [-0.1, -0.05) is 26.3 Å². The van der Waals surface area contributed by atoms with E-state index in [-0.39, 0.29) is 5.95 Å². The van der Waals surface area contributed by atoms with Gasteiger partial charge in [0.1, 0.15) is 0 Å². The molecule has 0 aliphatic rings. The minimum atomic E-state index is -0.295. The van der Waals surface area contributed by atoms with E-state index in [1.54, 1.807) is 0 Å². The molecule has 0 fully saturated rings. The topological polar surface area (TPSA) is 12.9 Å². The summed E-state index contributed by atoms with van der Waals surface area (Å²) >= 11 is 0. The molecule has 1 nitrogen and oxygen atoms in total. The predicted octanol–water partition coefficient (Wildman–Crippen LogP) is 3.13. The van der Waals surface area contributed by atoms with E-state index in [1.165, 1.54) is 0 Å². The van der Waals surface area contributed by atoms with Crippen molar-refractivity contribution in [2.24, 2.45) is 0 Å². The van der Waals surface area contributed by atoms with Gasteiger partial charge in [-0.3, -0.25) is 0 Å². The molecule has 1 aromatic rings. The van der Waals surface area contributed by atoms with Crippen molar-refractivity contribution >= 4 is 0 Å². The molecule has 0 amide bonds. The van der Waals surface area contributed by atoms with Gasteiger partial charge in [0.15, 0.2) is 0 Å². The standard InChI is InChI=1S/C11H16FN/c1-3-5-6-10-8-7-9(4-2)11(12)13-10/h7-8H,3-6H2,1-2H3. The lowest BCUT2D eigenvalue weighted by molar-refractivity contribution is 0.559. The maximum absolute atomic E-state index is 13.2. The van der Waals surface area contributed by atoms with E-state index in [4.69, 9.17) is 0 Å². The highest BCUT2D eigenvalue weighted by molar-refractivity contribution is 5.15. The first-order valence-corrected chi connectivity index (χ1v) is 4.92. The van der Waals surface area contributed by atoms with Gasteiger partial charge in [-0.25, -0.2) is 4.98 Å². The third kappa shape index (κ3) is 2.79. The molecule has 0 spiro atoms. The van der Waals surface area contributed by atoms with Crippen LogP contribution in [0.15, 0.2) is 12.1 Å². The van der Waals surface area contributed by atoms with Gasteiger partial charge in [0.2, 0.25) is 5.95 Å². The van der Waals surface area contributed by atoms with Crippen molar-refractivity contribution in [3.63, 3.8) is 0 Å². The summed E-state index contributed by atoms with van der Waals surface area (Å²) in [7, 11) is 0. The second-order valence-electron chi connectivity index (χ2n) is 3.21. The van der Waals surface area contributed by atoms with Crippen LogP contribution in [0.2, 0.25) is 0 Å². The van der Waals surface area contributed by atoms with Gasteiger partial charge in [0, 0.05) is 11.3 Å². The van der Waals surface area contributed by atoms with Crippen molar-refractivity contribution in [1.29, 1.82) is 0 Å². The summed E-state index contributed by atoms with van der Waals surface area (Å²) in [5.41, 5.74) is 1.58. The second-order valence-corrected chi connectivity index (χ2v) is 3.21. The summed E-state index contributed by atoms with van der Waals surface area (Å²) in [5, 5.41) is 0. The zero-order chi connectivity index (χ0) is 9.68. The number of rotatable bonds is 4. The normalized spacial score (nSPS) is 10.4. The summed E-state index contributed by atoms with van der Waals surface area (Å²) < 4.78 is 13.2. The number of unbranched alkanes of at least 4 members (excludes halogenated alkanes) is 1. The summed E-state index contributed by atoms with van der Waals surface area (Å²) in [4.78, 5) is 3.91. The molecule has 0 aliphatic carbocycles. The fourth-order valence-corrected chi connectivity index (χ4v) is 1.26. The molecule has 0 bridgehead atoms. The zero-order valence-electron chi connectivity index (χ0n) is 8.31. The molecule has 2 heteroatoms. The Bertz CT molecular complexity index is 271.